The van der Waals surface area contributed by atoms with E-state index in [9.17, 15) is 14.9 Å². The Labute approximate surface area is 128 Å². The number of anilines is 1. The first-order chi connectivity index (χ1) is 9.90. The second-order valence-corrected chi connectivity index (χ2v) is 5.81. The Balaban J connectivity index is 2.30. The van der Waals surface area contributed by atoms with Gasteiger partial charge in [-0.25, -0.2) is 0 Å². The molecule has 21 heavy (non-hydrogen) atoms. The largest absolute Gasteiger partial charge is 0.309 e. The molecule has 1 aliphatic rings. The van der Waals surface area contributed by atoms with E-state index >= 15 is 0 Å². The molecule has 0 aromatic heterocycles. The van der Waals surface area contributed by atoms with E-state index in [2.05, 4.69) is 5.32 Å². The predicted octanol–water partition coefficient (Wildman–Crippen LogP) is 2.74. The first-order valence-electron chi connectivity index (χ1n) is 6.91. The smallest absolute Gasteiger partial charge is 0.271 e. The molecular weight excluding hydrogens is 294 g/mol. The summed E-state index contributed by atoms with van der Waals surface area (Å²) in [5, 5.41) is 14.5. The van der Waals surface area contributed by atoms with Gasteiger partial charge >= 0.3 is 0 Å². The molecule has 114 valence electrons. The number of nitrogens with one attached hydrogen (secondary N) is 1. The highest BCUT2D eigenvalue weighted by atomic mass is 35.5. The Morgan fingerprint density at radius 3 is 2.81 bits per heavy atom. The Hall–Kier alpha value is -1.66. The fourth-order valence-electron chi connectivity index (χ4n) is 2.49. The Bertz CT molecular complexity index is 562. The first-order valence-corrected chi connectivity index (χ1v) is 7.29. The average molecular weight is 312 g/mol. The lowest BCUT2D eigenvalue weighted by Gasteiger charge is -2.34. The van der Waals surface area contributed by atoms with Gasteiger partial charge in [0.1, 0.15) is 0 Å². The van der Waals surface area contributed by atoms with Gasteiger partial charge in [0.25, 0.3) is 5.69 Å². The van der Waals surface area contributed by atoms with Crippen molar-refractivity contribution in [3.63, 3.8) is 0 Å². The molecular formula is C14H18ClN3O3. The molecule has 0 aliphatic carbocycles. The van der Waals surface area contributed by atoms with Crippen LogP contribution in [0.2, 0.25) is 5.02 Å². The minimum atomic E-state index is -0.488. The van der Waals surface area contributed by atoms with Crippen molar-refractivity contribution in [2.75, 3.05) is 11.4 Å². The molecule has 1 N–H and O–H groups in total. The number of nitro groups is 1. The van der Waals surface area contributed by atoms with Crippen LogP contribution in [0.25, 0.3) is 0 Å². The number of carbonyl (C=O) groups is 1. The second kappa shape index (κ2) is 6.41. The van der Waals surface area contributed by atoms with Crippen LogP contribution in [0.1, 0.15) is 26.7 Å². The molecule has 1 aliphatic heterocycles. The number of nitrogens with zero attached hydrogens (tertiary/aromatic N) is 2. The normalized spacial score (nSPS) is 19.1. The summed E-state index contributed by atoms with van der Waals surface area (Å²) < 4.78 is 0. The molecule has 0 saturated carbocycles. The lowest BCUT2D eigenvalue weighted by atomic mass is 10.0. The van der Waals surface area contributed by atoms with Gasteiger partial charge in [-0.15, -0.1) is 0 Å². The fourth-order valence-corrected chi connectivity index (χ4v) is 2.71. The zero-order valence-corrected chi connectivity index (χ0v) is 12.8. The molecule has 0 radical (unpaired) electrons. The monoisotopic (exact) mass is 311 g/mol. The lowest BCUT2D eigenvalue weighted by molar-refractivity contribution is -0.384. The van der Waals surface area contributed by atoms with Crippen LogP contribution in [0.3, 0.4) is 0 Å². The Morgan fingerprint density at radius 2 is 2.19 bits per heavy atom. The van der Waals surface area contributed by atoms with Crippen molar-refractivity contribution in [2.45, 2.75) is 38.8 Å². The van der Waals surface area contributed by atoms with Gasteiger partial charge in [-0.05, 0) is 18.9 Å². The number of carbonyl (C=O) groups excluding carboxylic acids is 1. The summed E-state index contributed by atoms with van der Waals surface area (Å²) in [7, 11) is 0. The summed E-state index contributed by atoms with van der Waals surface area (Å²) in [6, 6.07) is 4.08. The maximum Gasteiger partial charge on any atom is 0.271 e. The highest BCUT2D eigenvalue weighted by Crippen LogP contribution is 2.32. The summed E-state index contributed by atoms with van der Waals surface area (Å²) in [6.07, 6.45) is 1.59. The van der Waals surface area contributed by atoms with Gasteiger partial charge in [-0.2, -0.15) is 0 Å². The molecule has 1 atom stereocenters. The number of nitro benzene ring substituents is 1. The van der Waals surface area contributed by atoms with Crippen LogP contribution in [0.4, 0.5) is 11.4 Å². The topological polar surface area (TPSA) is 75.5 Å². The summed E-state index contributed by atoms with van der Waals surface area (Å²) >= 11 is 6.12. The summed E-state index contributed by atoms with van der Waals surface area (Å²) in [5.74, 6) is -0.0858. The van der Waals surface area contributed by atoms with Gasteiger partial charge in [0.2, 0.25) is 5.91 Å². The van der Waals surface area contributed by atoms with Crippen LogP contribution in [-0.4, -0.2) is 29.5 Å². The molecule has 1 unspecified atom stereocenters. The third-order valence-electron chi connectivity index (χ3n) is 3.40. The quantitative estimate of drug-likeness (QED) is 0.685. The van der Waals surface area contributed by atoms with Crippen LogP contribution in [0.5, 0.6) is 0 Å². The van der Waals surface area contributed by atoms with Crippen molar-refractivity contribution >= 4 is 28.9 Å². The molecule has 6 nitrogen and oxygen atoms in total. The number of non-ortho nitro benzene ring substituents is 1. The Morgan fingerprint density at radius 1 is 1.48 bits per heavy atom. The molecule has 1 heterocycles. The summed E-state index contributed by atoms with van der Waals surface area (Å²) in [6.45, 7) is 4.48. The summed E-state index contributed by atoms with van der Waals surface area (Å²) in [4.78, 5) is 24.5. The number of piperidine rings is 1. The van der Waals surface area contributed by atoms with E-state index in [0.717, 1.165) is 12.8 Å². The van der Waals surface area contributed by atoms with Crippen molar-refractivity contribution in [3.8, 4) is 0 Å². The average Bonchev–Trinajstić information content (AvgIpc) is 2.41. The van der Waals surface area contributed by atoms with Crippen molar-refractivity contribution in [2.24, 2.45) is 0 Å². The number of hydrogen-bond donors (Lipinski definition) is 1. The van der Waals surface area contributed by atoms with Crippen molar-refractivity contribution < 1.29 is 9.72 Å². The van der Waals surface area contributed by atoms with Gasteiger partial charge in [0.05, 0.1) is 21.7 Å². The summed E-state index contributed by atoms with van der Waals surface area (Å²) in [5.41, 5.74) is 0.340. The van der Waals surface area contributed by atoms with Crippen molar-refractivity contribution in [3.05, 3.63) is 33.3 Å². The molecule has 7 heteroatoms. The van der Waals surface area contributed by atoms with E-state index in [4.69, 9.17) is 11.6 Å². The second-order valence-electron chi connectivity index (χ2n) is 5.40. The zero-order chi connectivity index (χ0) is 15.6. The van der Waals surface area contributed by atoms with Crippen LogP contribution in [0, 0.1) is 10.1 Å². The molecule has 1 aromatic carbocycles. The number of halogens is 1. The van der Waals surface area contributed by atoms with Crippen LogP contribution >= 0.6 is 11.6 Å². The van der Waals surface area contributed by atoms with Crippen LogP contribution in [-0.2, 0) is 4.79 Å². The van der Waals surface area contributed by atoms with Gasteiger partial charge in [0, 0.05) is 24.7 Å². The van der Waals surface area contributed by atoms with Gasteiger partial charge in [0.15, 0.2) is 0 Å². The van der Waals surface area contributed by atoms with E-state index in [1.54, 1.807) is 4.90 Å². The molecule has 1 fully saturated rings. The third-order valence-corrected chi connectivity index (χ3v) is 3.72. The fraction of sp³-hybridized carbons (Fsp3) is 0.500. The van der Waals surface area contributed by atoms with Gasteiger partial charge in [-0.1, -0.05) is 25.4 Å². The van der Waals surface area contributed by atoms with E-state index in [-0.39, 0.29) is 23.7 Å². The molecule has 2 rings (SSSR count). The number of hydrogen-bond acceptors (Lipinski definition) is 4. The number of amides is 1. The predicted molar refractivity (Wildman–Crippen MR) is 81.8 cm³/mol. The maximum absolute atomic E-state index is 12.5. The van der Waals surface area contributed by atoms with Crippen molar-refractivity contribution in [1.29, 1.82) is 0 Å². The third kappa shape index (κ3) is 3.51. The first kappa shape index (κ1) is 15.7. The lowest BCUT2D eigenvalue weighted by Crippen LogP contribution is -2.52. The standard InChI is InChI=1S/C14H18ClN3O3/c1-9(2)16-12-4-3-7-17(14(12)19)13-8-10(18(20)21)5-6-11(13)15/h5-6,8-9,12,16H,3-4,7H2,1-2H3. The van der Waals surface area contributed by atoms with Crippen molar-refractivity contribution in [1.82, 2.24) is 5.32 Å². The zero-order valence-electron chi connectivity index (χ0n) is 12.0. The molecule has 0 spiro atoms. The molecule has 1 aromatic rings. The number of benzene rings is 1. The van der Waals surface area contributed by atoms with E-state index < -0.39 is 4.92 Å². The number of rotatable bonds is 4. The van der Waals surface area contributed by atoms with Crippen LogP contribution in [0.15, 0.2) is 18.2 Å². The minimum Gasteiger partial charge on any atom is -0.309 e. The van der Waals surface area contributed by atoms with E-state index in [1.807, 2.05) is 13.8 Å². The van der Waals surface area contributed by atoms with E-state index in [0.29, 0.717) is 17.3 Å². The highest BCUT2D eigenvalue weighted by molar-refractivity contribution is 6.34. The molecule has 0 bridgehead atoms. The highest BCUT2D eigenvalue weighted by Gasteiger charge is 2.31. The maximum atomic E-state index is 12.5. The van der Waals surface area contributed by atoms with Gasteiger partial charge < -0.3 is 10.2 Å². The van der Waals surface area contributed by atoms with E-state index in [1.165, 1.54) is 18.2 Å². The molecule has 1 amide bonds. The van der Waals surface area contributed by atoms with Crippen LogP contribution < -0.4 is 10.2 Å². The Kier molecular flexibility index (Phi) is 4.80. The van der Waals surface area contributed by atoms with Gasteiger partial charge in [-0.3, -0.25) is 14.9 Å². The SMILES string of the molecule is CC(C)NC1CCCN(c2cc([N+](=O)[O-])ccc2Cl)C1=O. The minimum absolute atomic E-state index is 0.0684. The molecule has 1 saturated heterocycles.